The zero-order chi connectivity index (χ0) is 17.6. The molecule has 2 amide bonds. The van der Waals surface area contributed by atoms with E-state index in [0.29, 0.717) is 12.2 Å². The number of nitrogens with zero attached hydrogens (tertiary/aromatic N) is 2. The highest BCUT2D eigenvalue weighted by Gasteiger charge is 2.24. The number of aromatic nitrogens is 1. The van der Waals surface area contributed by atoms with Gasteiger partial charge in [0.1, 0.15) is 6.04 Å². The van der Waals surface area contributed by atoms with Gasteiger partial charge in [-0.15, -0.1) is 0 Å². The average molecular weight is 342 g/mol. The van der Waals surface area contributed by atoms with Crippen molar-refractivity contribution in [2.45, 2.75) is 25.3 Å². The third-order valence-electron chi connectivity index (χ3n) is 4.36. The van der Waals surface area contributed by atoms with Crippen LogP contribution < -0.4 is 10.6 Å². The molecular formula is C18H22N4O3. The molecule has 0 aliphatic carbocycles. The molecule has 1 unspecified atom stereocenters. The smallest absolute Gasteiger partial charge is 0.405 e. The molecule has 1 aliphatic rings. The molecule has 1 atom stereocenters. The quantitative estimate of drug-likeness (QED) is 0.775. The van der Waals surface area contributed by atoms with Crippen LogP contribution in [0.25, 0.3) is 10.9 Å². The van der Waals surface area contributed by atoms with E-state index >= 15 is 0 Å². The molecule has 3 rings (SSSR count). The molecule has 2 heterocycles. The van der Waals surface area contributed by atoms with Crippen LogP contribution in [0.4, 0.5) is 10.5 Å². The van der Waals surface area contributed by atoms with Crippen molar-refractivity contribution in [3.8, 4) is 0 Å². The van der Waals surface area contributed by atoms with E-state index in [1.165, 1.54) is 6.42 Å². The Labute approximate surface area is 146 Å². The summed E-state index contributed by atoms with van der Waals surface area (Å²) in [6.07, 6.45) is 3.72. The molecule has 0 saturated carbocycles. The van der Waals surface area contributed by atoms with E-state index < -0.39 is 12.1 Å². The summed E-state index contributed by atoms with van der Waals surface area (Å²) in [5, 5.41) is 15.1. The fourth-order valence-corrected chi connectivity index (χ4v) is 3.11. The van der Waals surface area contributed by atoms with Gasteiger partial charge in [-0.3, -0.25) is 9.78 Å². The van der Waals surface area contributed by atoms with Gasteiger partial charge in [-0.05, 0) is 38.1 Å². The van der Waals surface area contributed by atoms with Crippen LogP contribution >= 0.6 is 0 Å². The van der Waals surface area contributed by atoms with Crippen molar-refractivity contribution in [3.05, 3.63) is 36.5 Å². The third kappa shape index (κ3) is 4.67. The molecule has 7 heteroatoms. The summed E-state index contributed by atoms with van der Waals surface area (Å²) in [6, 6.07) is 8.63. The highest BCUT2D eigenvalue weighted by molar-refractivity contribution is 5.97. The van der Waals surface area contributed by atoms with Crippen LogP contribution in [0.15, 0.2) is 36.5 Å². The Morgan fingerprint density at radius 2 is 1.96 bits per heavy atom. The number of nitrogens with one attached hydrogen (secondary N) is 2. The Bertz CT molecular complexity index is 759. The van der Waals surface area contributed by atoms with Crippen molar-refractivity contribution in [2.24, 2.45) is 0 Å². The van der Waals surface area contributed by atoms with Gasteiger partial charge in [-0.25, -0.2) is 4.79 Å². The van der Waals surface area contributed by atoms with E-state index in [0.717, 1.165) is 36.8 Å². The van der Waals surface area contributed by atoms with Gasteiger partial charge in [-0.2, -0.15) is 0 Å². The van der Waals surface area contributed by atoms with Crippen LogP contribution in [0, 0.1) is 0 Å². The lowest BCUT2D eigenvalue weighted by atomic mass is 10.1. The summed E-state index contributed by atoms with van der Waals surface area (Å²) >= 11 is 0. The Hall–Kier alpha value is -2.67. The predicted octanol–water partition coefficient (Wildman–Crippen LogP) is 2.30. The van der Waals surface area contributed by atoms with E-state index in [2.05, 4.69) is 20.5 Å². The Kier molecular flexibility index (Phi) is 5.45. The number of amides is 2. The number of benzene rings is 1. The Morgan fingerprint density at radius 1 is 1.20 bits per heavy atom. The molecule has 3 N–H and O–H groups in total. The Balaban J connectivity index is 1.70. The number of likely N-dealkylation sites (tertiary alicyclic amines) is 1. The first-order chi connectivity index (χ1) is 12.1. The maximum absolute atomic E-state index is 12.6. The van der Waals surface area contributed by atoms with Crippen molar-refractivity contribution < 1.29 is 14.7 Å². The normalized spacial score (nSPS) is 16.3. The van der Waals surface area contributed by atoms with Crippen molar-refractivity contribution in [1.29, 1.82) is 0 Å². The van der Waals surface area contributed by atoms with Gasteiger partial charge in [0.15, 0.2) is 0 Å². The minimum absolute atomic E-state index is 0.370. The van der Waals surface area contributed by atoms with Gasteiger partial charge in [0.05, 0.1) is 17.4 Å². The highest BCUT2D eigenvalue weighted by atomic mass is 16.4. The molecule has 25 heavy (non-hydrogen) atoms. The molecule has 0 bridgehead atoms. The molecule has 0 spiro atoms. The lowest BCUT2D eigenvalue weighted by Crippen LogP contribution is -2.51. The number of carbonyl (C=O) groups is 2. The van der Waals surface area contributed by atoms with Gasteiger partial charge >= 0.3 is 6.09 Å². The molecule has 1 fully saturated rings. The summed E-state index contributed by atoms with van der Waals surface area (Å²) in [4.78, 5) is 30.1. The van der Waals surface area contributed by atoms with Crippen LogP contribution in [0.5, 0.6) is 0 Å². The first-order valence-corrected chi connectivity index (χ1v) is 8.49. The molecule has 132 valence electrons. The van der Waals surface area contributed by atoms with E-state index in [-0.39, 0.29) is 5.91 Å². The number of piperidine rings is 1. The molecule has 1 saturated heterocycles. The van der Waals surface area contributed by atoms with Crippen molar-refractivity contribution >= 4 is 28.6 Å². The second kappa shape index (κ2) is 7.94. The zero-order valence-electron chi connectivity index (χ0n) is 13.9. The fraction of sp³-hybridized carbons (Fsp3) is 0.389. The lowest BCUT2D eigenvalue weighted by Gasteiger charge is -2.29. The van der Waals surface area contributed by atoms with E-state index in [4.69, 9.17) is 5.11 Å². The molecule has 1 aromatic heterocycles. The molecule has 1 aliphatic heterocycles. The standard InChI is InChI=1S/C18H22N4O3/c23-17(16(21-18(24)25)12-22-8-4-1-5-9-22)20-14-10-13-6-2-3-7-15(13)19-11-14/h2-3,6-7,10-11,16,21H,1,4-5,8-9,12H2,(H,20,23)(H,24,25). The molecular weight excluding hydrogens is 320 g/mol. The maximum Gasteiger partial charge on any atom is 0.405 e. The highest BCUT2D eigenvalue weighted by Crippen LogP contribution is 2.16. The number of para-hydroxylation sites is 1. The lowest BCUT2D eigenvalue weighted by molar-refractivity contribution is -0.118. The van der Waals surface area contributed by atoms with Gasteiger partial charge in [0.25, 0.3) is 0 Å². The SMILES string of the molecule is O=C(O)NC(CN1CCCCC1)C(=O)Nc1cnc2ccccc2c1. The van der Waals surface area contributed by atoms with Crippen LogP contribution in [0.1, 0.15) is 19.3 Å². The number of pyridine rings is 1. The molecule has 7 nitrogen and oxygen atoms in total. The summed E-state index contributed by atoms with van der Waals surface area (Å²) in [7, 11) is 0. The fourth-order valence-electron chi connectivity index (χ4n) is 3.11. The van der Waals surface area contributed by atoms with Crippen LogP contribution in [0.2, 0.25) is 0 Å². The largest absolute Gasteiger partial charge is 0.465 e. The monoisotopic (exact) mass is 342 g/mol. The first-order valence-electron chi connectivity index (χ1n) is 8.49. The minimum atomic E-state index is -1.20. The second-order valence-corrected chi connectivity index (χ2v) is 6.27. The number of carbonyl (C=O) groups excluding carboxylic acids is 1. The van der Waals surface area contributed by atoms with E-state index in [9.17, 15) is 9.59 Å². The van der Waals surface area contributed by atoms with Crippen LogP contribution in [-0.4, -0.2) is 52.7 Å². The van der Waals surface area contributed by atoms with Crippen molar-refractivity contribution in [3.63, 3.8) is 0 Å². The third-order valence-corrected chi connectivity index (χ3v) is 4.36. The number of hydrogen-bond donors (Lipinski definition) is 3. The van der Waals surface area contributed by atoms with Crippen LogP contribution in [0.3, 0.4) is 0 Å². The van der Waals surface area contributed by atoms with Gasteiger partial charge in [0.2, 0.25) is 5.91 Å². The summed E-state index contributed by atoms with van der Waals surface area (Å²) in [6.45, 7) is 2.16. The molecule has 1 aromatic carbocycles. The average Bonchev–Trinajstić information content (AvgIpc) is 2.61. The summed E-state index contributed by atoms with van der Waals surface area (Å²) in [5.74, 6) is -0.370. The number of rotatable bonds is 5. The van der Waals surface area contributed by atoms with Gasteiger partial charge in [-0.1, -0.05) is 24.6 Å². The number of carboxylic acid groups (broad SMARTS) is 1. The maximum atomic E-state index is 12.6. The minimum Gasteiger partial charge on any atom is -0.465 e. The van der Waals surface area contributed by atoms with Crippen LogP contribution in [-0.2, 0) is 4.79 Å². The topological polar surface area (TPSA) is 94.6 Å². The van der Waals surface area contributed by atoms with Gasteiger partial charge in [0, 0.05) is 11.9 Å². The Morgan fingerprint density at radius 3 is 2.72 bits per heavy atom. The van der Waals surface area contributed by atoms with Crippen molar-refractivity contribution in [2.75, 3.05) is 25.0 Å². The second-order valence-electron chi connectivity index (χ2n) is 6.27. The first kappa shape index (κ1) is 17.2. The molecule has 2 aromatic rings. The zero-order valence-corrected chi connectivity index (χ0v) is 13.9. The van der Waals surface area contributed by atoms with Gasteiger partial charge < -0.3 is 20.6 Å². The molecule has 0 radical (unpaired) electrons. The number of fused-ring (bicyclic) bond motifs is 1. The summed E-state index contributed by atoms with van der Waals surface area (Å²) in [5.41, 5.74) is 1.40. The number of anilines is 1. The number of hydrogen-bond acceptors (Lipinski definition) is 4. The van der Waals surface area contributed by atoms with E-state index in [1.54, 1.807) is 6.20 Å². The summed E-state index contributed by atoms with van der Waals surface area (Å²) < 4.78 is 0. The predicted molar refractivity (Wildman–Crippen MR) is 95.6 cm³/mol. The van der Waals surface area contributed by atoms with Crippen molar-refractivity contribution in [1.82, 2.24) is 15.2 Å². The van der Waals surface area contributed by atoms with E-state index in [1.807, 2.05) is 30.3 Å².